The van der Waals surface area contributed by atoms with E-state index >= 15 is 0 Å². The van der Waals surface area contributed by atoms with Crippen molar-refractivity contribution in [3.8, 4) is 28.3 Å². The molecule has 0 radical (unpaired) electrons. The van der Waals surface area contributed by atoms with Crippen LogP contribution in [0.5, 0.6) is 0 Å². The van der Waals surface area contributed by atoms with Crippen LogP contribution in [-0.2, 0) is 0 Å². The summed E-state index contributed by atoms with van der Waals surface area (Å²) in [5, 5.41) is 13.1. The molecule has 0 atom stereocenters. The van der Waals surface area contributed by atoms with E-state index < -0.39 is 0 Å². The van der Waals surface area contributed by atoms with Gasteiger partial charge in [0.25, 0.3) is 0 Å². The molecule has 0 aliphatic rings. The maximum atomic E-state index is 6.70. The molecule has 0 saturated heterocycles. The number of benzene rings is 9. The predicted octanol–water partition coefficient (Wildman–Crippen LogP) is 15.3. The zero-order valence-electron chi connectivity index (χ0n) is 30.7. The Kier molecular flexibility index (Phi) is 6.02. The Hall–Kier alpha value is -7.12. The molecule has 5 aromatic heterocycles. The Balaban J connectivity index is 1.05. The van der Waals surface area contributed by atoms with Gasteiger partial charge in [0.1, 0.15) is 11.2 Å². The van der Waals surface area contributed by atoms with Gasteiger partial charge in [-0.25, -0.2) is 9.97 Å². The van der Waals surface area contributed by atoms with Crippen molar-refractivity contribution in [2.24, 2.45) is 0 Å². The molecule has 0 aliphatic heterocycles. The zero-order valence-corrected chi connectivity index (χ0v) is 32.3. The number of thiophene rings is 2. The van der Waals surface area contributed by atoms with Gasteiger partial charge in [0, 0.05) is 68.3 Å². The van der Waals surface area contributed by atoms with Crippen LogP contribution >= 0.6 is 22.7 Å². The molecule has 0 amide bonds. The molecule has 0 fully saturated rings. The van der Waals surface area contributed by atoms with E-state index in [-0.39, 0.29) is 0 Å². The summed E-state index contributed by atoms with van der Waals surface area (Å²) in [5.41, 5.74) is 9.29. The van der Waals surface area contributed by atoms with Gasteiger partial charge in [-0.1, -0.05) is 109 Å². The van der Waals surface area contributed by atoms with E-state index in [1.54, 1.807) is 11.3 Å². The van der Waals surface area contributed by atoms with Crippen molar-refractivity contribution in [2.75, 3.05) is 0 Å². The third-order valence-electron chi connectivity index (χ3n) is 12.2. The maximum Gasteiger partial charge on any atom is 0.161 e. The summed E-state index contributed by atoms with van der Waals surface area (Å²) in [5.74, 6) is 0.727. The molecule has 5 heterocycles. The summed E-state index contributed by atoms with van der Waals surface area (Å²) < 4.78 is 14.0. The monoisotopic (exact) mass is 773 g/mol. The number of rotatable bonds is 3. The fourth-order valence-electron chi connectivity index (χ4n) is 9.68. The molecule has 268 valence electrons. The van der Waals surface area contributed by atoms with Crippen molar-refractivity contribution >= 4 is 128 Å². The highest BCUT2D eigenvalue weighted by Gasteiger charge is 2.24. The Labute approximate surface area is 337 Å². The van der Waals surface area contributed by atoms with Crippen molar-refractivity contribution in [3.63, 3.8) is 0 Å². The van der Waals surface area contributed by atoms with Gasteiger partial charge in [0.15, 0.2) is 5.82 Å². The molecule has 9 aromatic carbocycles. The smallest absolute Gasteiger partial charge is 0.161 e. The topological polar surface area (TPSA) is 43.9 Å². The van der Waals surface area contributed by atoms with Crippen molar-refractivity contribution in [1.82, 2.24) is 14.5 Å². The van der Waals surface area contributed by atoms with Crippen molar-refractivity contribution in [2.45, 2.75) is 0 Å². The van der Waals surface area contributed by atoms with E-state index in [9.17, 15) is 0 Å². The zero-order chi connectivity index (χ0) is 37.6. The normalized spacial score (nSPS) is 12.5. The van der Waals surface area contributed by atoms with E-state index in [1.165, 1.54) is 46.4 Å². The Morgan fingerprint density at radius 1 is 0.448 bits per heavy atom. The number of aromatic nitrogens is 3. The molecule has 14 aromatic rings. The lowest BCUT2D eigenvalue weighted by atomic mass is 10.00. The van der Waals surface area contributed by atoms with Crippen LogP contribution in [0, 0.1) is 0 Å². The SMILES string of the molecule is c1cc2ccc3c4c2c(c1)oc1cccc2ccc(c4c21)n3-c1ccc(-c2nc(-c3ccc4c(c3)sc3ccccc34)c3sc4ccccc4c3n2)c2ccccc12. The molecule has 6 heteroatoms. The van der Waals surface area contributed by atoms with E-state index in [2.05, 4.69) is 168 Å². The van der Waals surface area contributed by atoms with Gasteiger partial charge in [0.2, 0.25) is 0 Å². The van der Waals surface area contributed by atoms with Crippen LogP contribution in [0.3, 0.4) is 0 Å². The highest BCUT2D eigenvalue weighted by molar-refractivity contribution is 7.26. The van der Waals surface area contributed by atoms with E-state index in [4.69, 9.17) is 14.4 Å². The third-order valence-corrected chi connectivity index (χ3v) is 14.5. The second-order valence-electron chi connectivity index (χ2n) is 15.2. The number of hydrogen-bond donors (Lipinski definition) is 0. The second kappa shape index (κ2) is 11.3. The first-order valence-electron chi connectivity index (χ1n) is 19.5. The van der Waals surface area contributed by atoms with Crippen LogP contribution in [-0.4, -0.2) is 14.5 Å². The van der Waals surface area contributed by atoms with Gasteiger partial charge >= 0.3 is 0 Å². The molecule has 58 heavy (non-hydrogen) atoms. The second-order valence-corrected chi connectivity index (χ2v) is 17.4. The average molecular weight is 774 g/mol. The number of nitrogens with zero attached hydrogens (tertiary/aromatic N) is 3. The summed E-state index contributed by atoms with van der Waals surface area (Å²) in [4.78, 5) is 10.9. The lowest BCUT2D eigenvalue weighted by Gasteiger charge is -2.15. The Morgan fingerprint density at radius 3 is 1.83 bits per heavy atom. The molecule has 4 nitrogen and oxygen atoms in total. The van der Waals surface area contributed by atoms with E-state index in [0.717, 1.165) is 87.7 Å². The maximum absolute atomic E-state index is 6.70. The molecule has 0 bridgehead atoms. The fraction of sp³-hybridized carbons (Fsp3) is 0. The Bertz CT molecular complexity index is 3950. The highest BCUT2D eigenvalue weighted by Crippen LogP contribution is 2.47. The highest BCUT2D eigenvalue weighted by atomic mass is 32.1. The van der Waals surface area contributed by atoms with Crippen LogP contribution in [0.1, 0.15) is 0 Å². The van der Waals surface area contributed by atoms with Crippen LogP contribution in [0.4, 0.5) is 0 Å². The van der Waals surface area contributed by atoms with E-state index in [1.807, 2.05) is 11.3 Å². The van der Waals surface area contributed by atoms with Gasteiger partial charge < -0.3 is 8.98 Å². The molecular weight excluding hydrogens is 747 g/mol. The molecule has 0 N–H and O–H groups in total. The van der Waals surface area contributed by atoms with Gasteiger partial charge in [-0.15, -0.1) is 22.7 Å². The summed E-state index contributed by atoms with van der Waals surface area (Å²) in [6.45, 7) is 0. The van der Waals surface area contributed by atoms with Crippen LogP contribution in [0.2, 0.25) is 0 Å². The number of hydrogen-bond acceptors (Lipinski definition) is 5. The molecule has 0 aliphatic carbocycles. The predicted molar refractivity (Wildman–Crippen MR) is 246 cm³/mol. The minimum atomic E-state index is 0.727. The lowest BCUT2D eigenvalue weighted by molar-refractivity contribution is 0.664. The average Bonchev–Trinajstić information content (AvgIpc) is 3.92. The summed E-state index contributed by atoms with van der Waals surface area (Å²) in [6.07, 6.45) is 0. The van der Waals surface area contributed by atoms with Crippen LogP contribution in [0.25, 0.3) is 134 Å². The van der Waals surface area contributed by atoms with Crippen molar-refractivity contribution in [3.05, 3.63) is 164 Å². The standard InChI is InChI=1S/C52H27N3OS2/c1-2-12-32-31(11-1)35(23-26-37(32)55-38-24-20-28-9-7-15-40-45(28)47(38)48-39(55)25-21-29-10-8-16-41(56-40)46(29)48)52-53-49(51-50(54-52)36-14-4-6-18-43(36)58-51)30-19-22-34-33-13-3-5-17-42(33)57-44(34)27-30/h1-27H. The molecule has 0 saturated carbocycles. The first kappa shape index (κ1) is 31.0. The van der Waals surface area contributed by atoms with Crippen molar-refractivity contribution < 1.29 is 4.42 Å². The van der Waals surface area contributed by atoms with Gasteiger partial charge in [-0.05, 0) is 70.8 Å². The third kappa shape index (κ3) is 4.07. The molecule has 14 rings (SSSR count). The van der Waals surface area contributed by atoms with Gasteiger partial charge in [-0.2, -0.15) is 0 Å². The van der Waals surface area contributed by atoms with Gasteiger partial charge in [-0.3, -0.25) is 0 Å². The van der Waals surface area contributed by atoms with Crippen LogP contribution < -0.4 is 0 Å². The lowest BCUT2D eigenvalue weighted by Crippen LogP contribution is -1.98. The minimum absolute atomic E-state index is 0.727. The van der Waals surface area contributed by atoms with Gasteiger partial charge in [0.05, 0.1) is 32.6 Å². The van der Waals surface area contributed by atoms with Crippen molar-refractivity contribution in [1.29, 1.82) is 0 Å². The first-order chi connectivity index (χ1) is 28.7. The fourth-order valence-corrected chi connectivity index (χ4v) is 12.0. The summed E-state index contributed by atoms with van der Waals surface area (Å²) >= 11 is 3.62. The van der Waals surface area contributed by atoms with E-state index in [0.29, 0.717) is 0 Å². The quantitative estimate of drug-likeness (QED) is 0.180. The summed E-state index contributed by atoms with van der Waals surface area (Å²) in [6, 6.07) is 59.1. The largest absolute Gasteiger partial charge is 0.456 e. The first-order valence-corrected chi connectivity index (χ1v) is 21.1. The molecular formula is C52H27N3OS2. The minimum Gasteiger partial charge on any atom is -0.456 e. The summed E-state index contributed by atoms with van der Waals surface area (Å²) in [7, 11) is 0. The number of fused-ring (bicyclic) bond motifs is 7. The molecule has 0 spiro atoms. The Morgan fingerprint density at radius 2 is 1.09 bits per heavy atom. The molecule has 0 unspecified atom stereocenters. The van der Waals surface area contributed by atoms with Crippen LogP contribution in [0.15, 0.2) is 168 Å².